The number of nitrogens with one attached hydrogen (secondary N) is 1. The van der Waals surface area contributed by atoms with E-state index in [-0.39, 0.29) is 27.1 Å². The van der Waals surface area contributed by atoms with Gasteiger partial charge in [0.2, 0.25) is 5.91 Å². The van der Waals surface area contributed by atoms with Crippen molar-refractivity contribution in [3.63, 3.8) is 0 Å². The molecule has 1 fully saturated rings. The molecule has 1 saturated heterocycles. The van der Waals surface area contributed by atoms with Gasteiger partial charge < -0.3 is 15.1 Å². The van der Waals surface area contributed by atoms with Crippen LogP contribution in [0.2, 0.25) is 0 Å². The number of rotatable bonds is 2. The summed E-state index contributed by atoms with van der Waals surface area (Å²) in [6, 6.07) is 2.13. The zero-order valence-electron chi connectivity index (χ0n) is 12.9. The van der Waals surface area contributed by atoms with Crippen molar-refractivity contribution in [1.82, 2.24) is 9.80 Å². The lowest BCUT2D eigenvalue weighted by molar-refractivity contribution is -0.121. The topological polar surface area (TPSA) is 52.7 Å². The Balaban J connectivity index is 1.94. The summed E-state index contributed by atoms with van der Waals surface area (Å²) in [5.74, 6) is -1.95. The van der Waals surface area contributed by atoms with Crippen molar-refractivity contribution in [2.75, 3.05) is 32.5 Å². The van der Waals surface area contributed by atoms with Crippen LogP contribution in [0.15, 0.2) is 12.1 Å². The van der Waals surface area contributed by atoms with E-state index in [1.165, 1.54) is 4.90 Å². The third kappa shape index (κ3) is 4.30. The van der Waals surface area contributed by atoms with Crippen LogP contribution in [-0.4, -0.2) is 48.9 Å². The van der Waals surface area contributed by atoms with Gasteiger partial charge >= 0.3 is 6.03 Å². The minimum Gasteiger partial charge on any atom is -0.331 e. The lowest BCUT2D eigenvalue weighted by Crippen LogP contribution is -2.45. The van der Waals surface area contributed by atoms with E-state index in [9.17, 15) is 18.4 Å². The van der Waals surface area contributed by atoms with Crippen LogP contribution < -0.4 is 5.32 Å². The molecule has 0 aliphatic carbocycles. The normalized spacial score (nSPS) is 15.4. The first-order chi connectivity index (χ1) is 10.8. The molecule has 0 aromatic heterocycles. The molecule has 8 heteroatoms. The minimum atomic E-state index is -0.702. The molecule has 0 unspecified atom stereocenters. The zero-order chi connectivity index (χ0) is 17.1. The molecule has 0 bridgehead atoms. The number of nitrogens with zero attached hydrogens (tertiary/aromatic N) is 2. The Labute approximate surface area is 147 Å². The van der Waals surface area contributed by atoms with Crippen molar-refractivity contribution in [3.05, 3.63) is 27.3 Å². The van der Waals surface area contributed by atoms with Gasteiger partial charge in [0.25, 0.3) is 0 Å². The van der Waals surface area contributed by atoms with Crippen molar-refractivity contribution in [3.8, 4) is 0 Å². The van der Waals surface area contributed by atoms with E-state index < -0.39 is 11.6 Å². The van der Waals surface area contributed by atoms with Gasteiger partial charge in [0.05, 0.1) is 3.57 Å². The van der Waals surface area contributed by atoms with Gasteiger partial charge in [0, 0.05) is 38.8 Å². The summed E-state index contributed by atoms with van der Waals surface area (Å²) < 4.78 is 26.9. The van der Waals surface area contributed by atoms with Gasteiger partial charge in [-0.1, -0.05) is 0 Å². The van der Waals surface area contributed by atoms with Gasteiger partial charge in [-0.25, -0.2) is 13.6 Å². The number of carbonyl (C=O) groups excluding carboxylic acids is 2. The quantitative estimate of drug-likeness (QED) is 0.572. The Morgan fingerprint density at radius 3 is 2.22 bits per heavy atom. The summed E-state index contributed by atoms with van der Waals surface area (Å²) >= 11 is 1.57. The van der Waals surface area contributed by atoms with Crippen molar-refractivity contribution >= 4 is 40.2 Å². The van der Waals surface area contributed by atoms with Crippen LogP contribution in [0.4, 0.5) is 19.3 Å². The van der Waals surface area contributed by atoms with E-state index in [4.69, 9.17) is 0 Å². The zero-order valence-corrected chi connectivity index (χ0v) is 15.1. The first kappa shape index (κ1) is 17.9. The van der Waals surface area contributed by atoms with Gasteiger partial charge in [-0.15, -0.1) is 0 Å². The number of benzene rings is 1. The summed E-state index contributed by atoms with van der Waals surface area (Å²) in [6.07, 6.45) is 1.06. The van der Waals surface area contributed by atoms with E-state index in [1.807, 2.05) is 0 Å². The molecule has 1 heterocycles. The summed E-state index contributed by atoms with van der Waals surface area (Å²) in [5, 5.41) is 2.55. The molecule has 1 aliphatic rings. The van der Waals surface area contributed by atoms with Crippen LogP contribution in [-0.2, 0) is 4.79 Å². The number of anilines is 1. The highest BCUT2D eigenvalue weighted by Gasteiger charge is 2.28. The van der Waals surface area contributed by atoms with Crippen LogP contribution in [0.3, 0.4) is 0 Å². The lowest BCUT2D eigenvalue weighted by Gasteiger charge is -2.33. The lowest BCUT2D eigenvalue weighted by atomic mass is 9.96. The molecule has 23 heavy (non-hydrogen) atoms. The maximum Gasteiger partial charge on any atom is 0.319 e. The fourth-order valence-corrected chi connectivity index (χ4v) is 2.80. The van der Waals surface area contributed by atoms with Crippen LogP contribution in [0.25, 0.3) is 0 Å². The van der Waals surface area contributed by atoms with Crippen molar-refractivity contribution in [1.29, 1.82) is 0 Å². The Morgan fingerprint density at radius 2 is 1.74 bits per heavy atom. The Kier molecular flexibility index (Phi) is 5.77. The number of carbonyl (C=O) groups is 2. The number of piperidine rings is 1. The molecule has 1 aromatic carbocycles. The Hall–Kier alpha value is -1.45. The third-order valence-electron chi connectivity index (χ3n) is 3.77. The standard InChI is InChI=1S/C15H18F2IN3O2/c1-20(2)15(23)21-5-3-9(4-6-21)14(22)19-10-7-11(16)13(18)12(17)8-10/h7-9H,3-6H2,1-2H3,(H,19,22). The molecule has 3 amide bonds. The molecule has 126 valence electrons. The monoisotopic (exact) mass is 437 g/mol. The second-order valence-corrected chi connectivity index (χ2v) is 6.76. The number of urea groups is 1. The number of amides is 3. The van der Waals surface area contributed by atoms with E-state index in [1.54, 1.807) is 41.6 Å². The van der Waals surface area contributed by atoms with Crippen LogP contribution >= 0.6 is 22.6 Å². The maximum absolute atomic E-state index is 13.5. The van der Waals surface area contributed by atoms with Gasteiger partial charge in [0.15, 0.2) is 0 Å². The highest BCUT2D eigenvalue weighted by molar-refractivity contribution is 14.1. The third-order valence-corrected chi connectivity index (χ3v) is 4.80. The first-order valence-corrected chi connectivity index (χ1v) is 8.29. The molecular weight excluding hydrogens is 419 g/mol. The van der Waals surface area contributed by atoms with Crippen LogP contribution in [0, 0.1) is 21.1 Å². The van der Waals surface area contributed by atoms with Gasteiger partial charge in [-0.05, 0) is 47.6 Å². The summed E-state index contributed by atoms with van der Waals surface area (Å²) in [5.41, 5.74) is 0.109. The van der Waals surface area contributed by atoms with Gasteiger partial charge in [-0.3, -0.25) is 4.79 Å². The van der Waals surface area contributed by atoms with Crippen LogP contribution in [0.1, 0.15) is 12.8 Å². The molecule has 0 spiro atoms. The molecule has 5 nitrogen and oxygen atoms in total. The predicted molar refractivity (Wildman–Crippen MR) is 91.1 cm³/mol. The summed E-state index contributed by atoms with van der Waals surface area (Å²) in [7, 11) is 3.36. The number of hydrogen-bond donors (Lipinski definition) is 1. The highest BCUT2D eigenvalue weighted by Crippen LogP contribution is 2.23. The smallest absolute Gasteiger partial charge is 0.319 e. The molecule has 0 saturated carbocycles. The second-order valence-electron chi connectivity index (χ2n) is 5.68. The molecule has 1 aromatic rings. The van der Waals surface area contributed by atoms with Crippen LogP contribution in [0.5, 0.6) is 0 Å². The molecule has 0 atom stereocenters. The van der Waals surface area contributed by atoms with E-state index in [0.29, 0.717) is 25.9 Å². The Morgan fingerprint density at radius 1 is 1.22 bits per heavy atom. The van der Waals surface area contributed by atoms with E-state index >= 15 is 0 Å². The van der Waals surface area contributed by atoms with Gasteiger partial charge in [0.1, 0.15) is 11.6 Å². The average Bonchev–Trinajstić information content (AvgIpc) is 2.51. The molecule has 1 N–H and O–H groups in total. The number of likely N-dealkylation sites (tertiary alicyclic amines) is 1. The largest absolute Gasteiger partial charge is 0.331 e. The van der Waals surface area contributed by atoms with Crippen molar-refractivity contribution < 1.29 is 18.4 Å². The van der Waals surface area contributed by atoms with Gasteiger partial charge in [-0.2, -0.15) is 0 Å². The molecule has 2 rings (SSSR count). The molecule has 1 aliphatic heterocycles. The highest BCUT2D eigenvalue weighted by atomic mass is 127. The molecular formula is C15H18F2IN3O2. The average molecular weight is 437 g/mol. The SMILES string of the molecule is CN(C)C(=O)N1CCC(C(=O)Nc2cc(F)c(I)c(F)c2)CC1. The van der Waals surface area contributed by atoms with E-state index in [2.05, 4.69) is 5.32 Å². The number of hydrogen-bond acceptors (Lipinski definition) is 2. The predicted octanol–water partition coefficient (Wildman–Crippen LogP) is 2.90. The first-order valence-electron chi connectivity index (χ1n) is 7.21. The minimum absolute atomic E-state index is 0.0781. The summed E-state index contributed by atoms with van der Waals surface area (Å²) in [6.45, 7) is 0.981. The van der Waals surface area contributed by atoms with Crippen molar-refractivity contribution in [2.45, 2.75) is 12.8 Å². The van der Waals surface area contributed by atoms with E-state index in [0.717, 1.165) is 12.1 Å². The fourth-order valence-electron chi connectivity index (χ4n) is 2.49. The molecule has 0 radical (unpaired) electrons. The fraction of sp³-hybridized carbons (Fsp3) is 0.467. The second kappa shape index (κ2) is 7.41. The number of halogens is 3. The maximum atomic E-state index is 13.5. The Bertz CT molecular complexity index is 594. The van der Waals surface area contributed by atoms with Crippen molar-refractivity contribution in [2.24, 2.45) is 5.92 Å². The summed E-state index contributed by atoms with van der Waals surface area (Å²) in [4.78, 5) is 27.2.